The molecule has 1 atom stereocenters. The second kappa shape index (κ2) is 6.44. The summed E-state index contributed by atoms with van der Waals surface area (Å²) in [7, 11) is 1.72. The fraction of sp³-hybridized carbons (Fsp3) is 0.476. The summed E-state index contributed by atoms with van der Waals surface area (Å²) < 4.78 is 7.22. The summed E-state index contributed by atoms with van der Waals surface area (Å²) in [4.78, 5) is 22.3. The summed E-state index contributed by atoms with van der Waals surface area (Å²) in [5.41, 5.74) is 5.11. The van der Waals surface area contributed by atoms with Crippen molar-refractivity contribution in [2.24, 2.45) is 0 Å². The molecule has 146 valence electrons. The summed E-state index contributed by atoms with van der Waals surface area (Å²) in [6.07, 6.45) is 5.46. The number of hydrogen-bond acceptors (Lipinski definition) is 5. The van der Waals surface area contributed by atoms with E-state index in [9.17, 15) is 4.79 Å². The summed E-state index contributed by atoms with van der Waals surface area (Å²) in [5.74, 6) is 1.28. The van der Waals surface area contributed by atoms with Crippen LogP contribution < -0.4 is 10.5 Å². The molecule has 1 aliphatic heterocycles. The van der Waals surface area contributed by atoms with E-state index in [1.165, 1.54) is 29.5 Å². The van der Waals surface area contributed by atoms with E-state index in [0.29, 0.717) is 22.9 Å². The highest BCUT2D eigenvalue weighted by molar-refractivity contribution is 5.75. The van der Waals surface area contributed by atoms with Gasteiger partial charge in [0, 0.05) is 26.4 Å². The summed E-state index contributed by atoms with van der Waals surface area (Å²) >= 11 is 0. The number of anilines is 1. The van der Waals surface area contributed by atoms with Gasteiger partial charge in [-0.05, 0) is 55.7 Å². The van der Waals surface area contributed by atoms with E-state index in [0.717, 1.165) is 25.2 Å². The van der Waals surface area contributed by atoms with Crippen molar-refractivity contribution < 1.29 is 4.74 Å². The van der Waals surface area contributed by atoms with Crippen LogP contribution in [0.4, 0.5) is 5.95 Å². The molecule has 7 heteroatoms. The monoisotopic (exact) mass is 379 g/mol. The minimum atomic E-state index is -0.156. The Hall–Kier alpha value is -2.67. The first kappa shape index (κ1) is 17.4. The van der Waals surface area contributed by atoms with Gasteiger partial charge in [0.15, 0.2) is 5.65 Å². The Morgan fingerprint density at radius 3 is 2.57 bits per heavy atom. The maximum absolute atomic E-state index is 12.7. The molecule has 0 bridgehead atoms. The largest absolute Gasteiger partial charge is 0.380 e. The zero-order valence-corrected chi connectivity index (χ0v) is 16.5. The number of rotatable bonds is 4. The van der Waals surface area contributed by atoms with Crippen LogP contribution in [0, 0.1) is 13.8 Å². The number of aromatic nitrogens is 4. The molecule has 7 nitrogen and oxygen atoms in total. The van der Waals surface area contributed by atoms with Gasteiger partial charge < -0.3 is 9.64 Å². The van der Waals surface area contributed by atoms with Crippen LogP contribution in [0.15, 0.2) is 23.1 Å². The molecule has 3 aromatic rings. The average molecular weight is 379 g/mol. The molecule has 0 amide bonds. The lowest BCUT2D eigenvalue weighted by molar-refractivity contribution is 0.121. The Morgan fingerprint density at radius 1 is 1.18 bits per heavy atom. The maximum atomic E-state index is 12.7. The van der Waals surface area contributed by atoms with Crippen LogP contribution in [0.1, 0.15) is 41.9 Å². The van der Waals surface area contributed by atoms with Gasteiger partial charge in [-0.15, -0.1) is 5.10 Å². The lowest BCUT2D eigenvalue weighted by atomic mass is 10.0. The third-order valence-electron chi connectivity index (χ3n) is 5.95. The molecule has 1 aromatic carbocycles. The van der Waals surface area contributed by atoms with Gasteiger partial charge in [-0.25, -0.2) is 4.68 Å². The third kappa shape index (κ3) is 2.90. The van der Waals surface area contributed by atoms with E-state index in [1.807, 2.05) is 0 Å². The van der Waals surface area contributed by atoms with Gasteiger partial charge in [-0.3, -0.25) is 9.78 Å². The standard InChI is InChI=1S/C21H25N5O2/c1-12-8-15(14-4-5-14)9-13(2)18(12)26-11-17-19(24-26)22-21(23-20(17)27)25-7-6-16(10-25)28-3/h8-9,11,14,16H,4-7,10H2,1-3H3,(H,22,23,24,27)/t16-/m0/s1. The Morgan fingerprint density at radius 2 is 1.93 bits per heavy atom. The van der Waals surface area contributed by atoms with Gasteiger partial charge in [-0.2, -0.15) is 4.98 Å². The van der Waals surface area contributed by atoms with Gasteiger partial charge in [0.1, 0.15) is 5.39 Å². The lowest BCUT2D eigenvalue weighted by Crippen LogP contribution is -2.26. The Labute approximate surface area is 163 Å². The number of aryl methyl sites for hydroxylation is 2. The van der Waals surface area contributed by atoms with Gasteiger partial charge >= 0.3 is 0 Å². The average Bonchev–Trinajstić information content (AvgIpc) is 3.24. The number of nitrogens with zero attached hydrogens (tertiary/aromatic N) is 4. The van der Waals surface area contributed by atoms with Crippen LogP contribution in [0.2, 0.25) is 0 Å². The van der Waals surface area contributed by atoms with Gasteiger partial charge in [-0.1, -0.05) is 12.1 Å². The Balaban J connectivity index is 1.55. The molecule has 0 unspecified atom stereocenters. The highest BCUT2D eigenvalue weighted by atomic mass is 16.5. The number of benzene rings is 1. The highest BCUT2D eigenvalue weighted by Gasteiger charge is 2.26. The van der Waals surface area contributed by atoms with E-state index in [2.05, 4.69) is 45.9 Å². The van der Waals surface area contributed by atoms with Crippen LogP contribution in [0.25, 0.3) is 16.7 Å². The molecule has 1 N–H and O–H groups in total. The van der Waals surface area contributed by atoms with Crippen LogP contribution in [0.5, 0.6) is 0 Å². The van der Waals surface area contributed by atoms with Crippen molar-refractivity contribution in [2.75, 3.05) is 25.1 Å². The van der Waals surface area contributed by atoms with E-state index in [1.54, 1.807) is 18.0 Å². The van der Waals surface area contributed by atoms with E-state index in [4.69, 9.17) is 4.74 Å². The van der Waals surface area contributed by atoms with Crippen LogP contribution in [-0.4, -0.2) is 46.1 Å². The number of hydrogen-bond donors (Lipinski definition) is 1. The molecule has 2 aromatic heterocycles. The first-order valence-electron chi connectivity index (χ1n) is 9.92. The van der Waals surface area contributed by atoms with Gasteiger partial charge in [0.2, 0.25) is 5.95 Å². The van der Waals surface area contributed by atoms with E-state index >= 15 is 0 Å². The van der Waals surface area contributed by atoms with Crippen molar-refractivity contribution in [1.82, 2.24) is 19.7 Å². The number of fused-ring (bicyclic) bond motifs is 1. The minimum absolute atomic E-state index is 0.156. The topological polar surface area (TPSA) is 76.0 Å². The Bertz CT molecular complexity index is 1090. The number of ether oxygens (including phenoxy) is 1. The maximum Gasteiger partial charge on any atom is 0.263 e. The summed E-state index contributed by atoms with van der Waals surface area (Å²) in [5, 5.41) is 5.16. The molecule has 2 aliphatic rings. The summed E-state index contributed by atoms with van der Waals surface area (Å²) in [6.45, 7) is 5.76. The lowest BCUT2D eigenvalue weighted by Gasteiger charge is -2.15. The fourth-order valence-electron chi connectivity index (χ4n) is 4.29. The fourth-order valence-corrected chi connectivity index (χ4v) is 4.29. The molecule has 0 spiro atoms. The second-order valence-corrected chi connectivity index (χ2v) is 8.07. The Kier molecular flexibility index (Phi) is 4.01. The van der Waals surface area contributed by atoms with Crippen molar-refractivity contribution in [1.29, 1.82) is 0 Å². The molecular formula is C21H25N5O2. The second-order valence-electron chi connectivity index (χ2n) is 8.07. The van der Waals surface area contributed by atoms with Crippen LogP contribution in [-0.2, 0) is 4.74 Å². The van der Waals surface area contributed by atoms with E-state index in [-0.39, 0.29) is 11.7 Å². The summed E-state index contributed by atoms with van der Waals surface area (Å²) in [6, 6.07) is 4.51. The SMILES string of the molecule is CO[C@H]1CCN(c2nc3nn(-c4c(C)cc(C5CC5)cc4C)cc3c(=O)[nH]2)C1. The van der Waals surface area contributed by atoms with Crippen molar-refractivity contribution >= 4 is 17.0 Å². The number of methoxy groups -OCH3 is 1. The van der Waals surface area contributed by atoms with E-state index < -0.39 is 0 Å². The molecule has 28 heavy (non-hydrogen) atoms. The van der Waals surface area contributed by atoms with Crippen LogP contribution in [0.3, 0.4) is 0 Å². The van der Waals surface area contributed by atoms with Crippen molar-refractivity contribution in [3.8, 4) is 5.69 Å². The van der Waals surface area contributed by atoms with Gasteiger partial charge in [0.05, 0.1) is 11.8 Å². The molecule has 0 radical (unpaired) electrons. The number of H-pyrrole nitrogens is 1. The molecule has 1 saturated heterocycles. The molecule has 5 rings (SSSR count). The molecular weight excluding hydrogens is 354 g/mol. The molecule has 3 heterocycles. The molecule has 1 saturated carbocycles. The van der Waals surface area contributed by atoms with Crippen molar-refractivity contribution in [3.05, 3.63) is 45.4 Å². The third-order valence-corrected chi connectivity index (χ3v) is 5.95. The number of nitrogens with one attached hydrogen (secondary N) is 1. The molecule has 2 fully saturated rings. The van der Waals surface area contributed by atoms with Crippen molar-refractivity contribution in [2.45, 2.75) is 45.1 Å². The predicted octanol–water partition coefficient (Wildman–Crippen LogP) is 2.83. The minimum Gasteiger partial charge on any atom is -0.380 e. The zero-order chi connectivity index (χ0) is 19.4. The quantitative estimate of drug-likeness (QED) is 0.754. The first-order chi connectivity index (χ1) is 13.5. The molecule has 1 aliphatic carbocycles. The van der Waals surface area contributed by atoms with Gasteiger partial charge in [0.25, 0.3) is 5.56 Å². The number of aromatic amines is 1. The highest BCUT2D eigenvalue weighted by Crippen LogP contribution is 2.41. The predicted molar refractivity (Wildman–Crippen MR) is 109 cm³/mol. The normalized spacial score (nSPS) is 19.7. The smallest absolute Gasteiger partial charge is 0.263 e. The first-order valence-corrected chi connectivity index (χ1v) is 9.92. The van der Waals surface area contributed by atoms with Crippen molar-refractivity contribution in [3.63, 3.8) is 0 Å². The zero-order valence-electron chi connectivity index (χ0n) is 16.5. The van der Waals surface area contributed by atoms with Crippen LogP contribution >= 0.6 is 0 Å².